The van der Waals surface area contributed by atoms with Gasteiger partial charge in [0.1, 0.15) is 0 Å². The molecule has 0 aliphatic heterocycles. The summed E-state index contributed by atoms with van der Waals surface area (Å²) in [5.74, 6) is 0.461. The lowest BCUT2D eigenvalue weighted by molar-refractivity contribution is 0.191. The normalized spacial score (nSPS) is 9.67. The quantitative estimate of drug-likeness (QED) is 0.807. The second kappa shape index (κ2) is 7.54. The predicted octanol–water partition coefficient (Wildman–Crippen LogP) is 2.35. The van der Waals surface area contributed by atoms with E-state index >= 15 is 0 Å². The number of carbonyl (C=O) groups is 2. The van der Waals surface area contributed by atoms with Crippen molar-refractivity contribution in [3.05, 3.63) is 10.8 Å². The molecular weight excluding hydrogens is 256 g/mol. The molecular formula is C11H16N2O4S. The molecule has 0 unspecified atom stereocenters. The minimum Gasteiger partial charge on any atom is -0.405 e. The van der Waals surface area contributed by atoms with Gasteiger partial charge in [0.15, 0.2) is 11.5 Å². The molecule has 2 amide bonds. The van der Waals surface area contributed by atoms with E-state index in [4.69, 9.17) is 9.47 Å². The number of hydrogen-bond donors (Lipinski definition) is 2. The molecule has 0 aromatic carbocycles. The van der Waals surface area contributed by atoms with Crippen molar-refractivity contribution in [1.82, 2.24) is 10.6 Å². The SMILES string of the molecule is CCCCNC(=O)Oc1cscc1OC(=O)NC. The topological polar surface area (TPSA) is 76.7 Å². The fraction of sp³-hybridized carbons (Fsp3) is 0.455. The first-order chi connectivity index (χ1) is 8.67. The van der Waals surface area contributed by atoms with Crippen LogP contribution in [0.15, 0.2) is 10.8 Å². The molecule has 0 bridgehead atoms. The molecule has 2 N–H and O–H groups in total. The van der Waals surface area contributed by atoms with Gasteiger partial charge in [0.25, 0.3) is 0 Å². The largest absolute Gasteiger partial charge is 0.412 e. The van der Waals surface area contributed by atoms with Gasteiger partial charge in [-0.25, -0.2) is 9.59 Å². The van der Waals surface area contributed by atoms with Crippen molar-refractivity contribution in [3.63, 3.8) is 0 Å². The Bertz CT molecular complexity index is 406. The van der Waals surface area contributed by atoms with Crippen LogP contribution in [0.25, 0.3) is 0 Å². The second-order valence-corrected chi connectivity index (χ2v) is 4.15. The minimum absolute atomic E-state index is 0.227. The summed E-state index contributed by atoms with van der Waals surface area (Å²) in [6.07, 6.45) is 0.720. The van der Waals surface area contributed by atoms with Crippen LogP contribution in [0.5, 0.6) is 11.5 Å². The van der Waals surface area contributed by atoms with Gasteiger partial charge in [0.05, 0.1) is 0 Å². The molecule has 0 radical (unpaired) electrons. The van der Waals surface area contributed by atoms with Gasteiger partial charge < -0.3 is 20.1 Å². The van der Waals surface area contributed by atoms with Gasteiger partial charge in [-0.1, -0.05) is 13.3 Å². The Morgan fingerprint density at radius 2 is 1.83 bits per heavy atom. The van der Waals surface area contributed by atoms with Crippen molar-refractivity contribution < 1.29 is 19.1 Å². The molecule has 0 spiro atoms. The van der Waals surface area contributed by atoms with Crippen molar-refractivity contribution >= 4 is 23.5 Å². The summed E-state index contributed by atoms with van der Waals surface area (Å²) >= 11 is 1.28. The maximum absolute atomic E-state index is 11.4. The Balaban J connectivity index is 2.49. The van der Waals surface area contributed by atoms with Gasteiger partial charge in [-0.2, -0.15) is 0 Å². The number of carbonyl (C=O) groups excluding carboxylic acids is 2. The average Bonchev–Trinajstić information content (AvgIpc) is 2.76. The lowest BCUT2D eigenvalue weighted by atomic mass is 10.3. The highest BCUT2D eigenvalue weighted by atomic mass is 32.1. The van der Waals surface area contributed by atoms with Crippen LogP contribution in [0.2, 0.25) is 0 Å². The molecule has 0 fully saturated rings. The third-order valence-electron chi connectivity index (χ3n) is 2.00. The van der Waals surface area contributed by atoms with Crippen molar-refractivity contribution in [3.8, 4) is 11.5 Å². The van der Waals surface area contributed by atoms with E-state index in [1.807, 2.05) is 6.92 Å². The Hall–Kier alpha value is -1.76. The van der Waals surface area contributed by atoms with Gasteiger partial charge in [-0.3, -0.25) is 0 Å². The molecule has 0 aliphatic carbocycles. The standard InChI is InChI=1S/C11H16N2O4S/c1-3-4-5-13-11(15)17-9-7-18-6-8(9)16-10(14)12-2/h6-7H,3-5H2,1-2H3,(H,12,14)(H,13,15). The third kappa shape index (κ3) is 4.62. The molecule has 1 rings (SSSR count). The van der Waals surface area contributed by atoms with Gasteiger partial charge in [-0.05, 0) is 6.42 Å². The third-order valence-corrected chi connectivity index (χ3v) is 2.70. The van der Waals surface area contributed by atoms with Crippen molar-refractivity contribution in [2.24, 2.45) is 0 Å². The molecule has 18 heavy (non-hydrogen) atoms. The van der Waals surface area contributed by atoms with E-state index in [1.165, 1.54) is 18.4 Å². The maximum Gasteiger partial charge on any atom is 0.412 e. The van der Waals surface area contributed by atoms with Crippen LogP contribution >= 0.6 is 11.3 Å². The lowest BCUT2D eigenvalue weighted by Gasteiger charge is -2.07. The van der Waals surface area contributed by atoms with E-state index in [0.29, 0.717) is 6.54 Å². The van der Waals surface area contributed by atoms with Crippen LogP contribution in [-0.4, -0.2) is 25.8 Å². The monoisotopic (exact) mass is 272 g/mol. The highest BCUT2D eigenvalue weighted by Crippen LogP contribution is 2.31. The molecule has 0 saturated heterocycles. The summed E-state index contributed by atoms with van der Waals surface area (Å²) in [5.41, 5.74) is 0. The van der Waals surface area contributed by atoms with Gasteiger partial charge >= 0.3 is 12.2 Å². The number of hydrogen-bond acceptors (Lipinski definition) is 5. The van der Waals surface area contributed by atoms with E-state index in [0.717, 1.165) is 12.8 Å². The van der Waals surface area contributed by atoms with E-state index in [9.17, 15) is 9.59 Å². The van der Waals surface area contributed by atoms with Crippen LogP contribution in [-0.2, 0) is 0 Å². The summed E-state index contributed by atoms with van der Waals surface area (Å²) in [6.45, 7) is 2.59. The van der Waals surface area contributed by atoms with Crippen molar-refractivity contribution in [2.45, 2.75) is 19.8 Å². The molecule has 1 aromatic heterocycles. The Labute approximate surface area is 109 Å². The van der Waals surface area contributed by atoms with E-state index in [-0.39, 0.29) is 11.5 Å². The number of amides is 2. The van der Waals surface area contributed by atoms with Crippen LogP contribution in [0.1, 0.15) is 19.8 Å². The number of rotatable bonds is 5. The fourth-order valence-electron chi connectivity index (χ4n) is 1.08. The molecule has 0 atom stereocenters. The lowest BCUT2D eigenvalue weighted by Crippen LogP contribution is -2.28. The smallest absolute Gasteiger partial charge is 0.405 e. The van der Waals surface area contributed by atoms with E-state index in [1.54, 1.807) is 10.8 Å². The van der Waals surface area contributed by atoms with Crippen LogP contribution < -0.4 is 20.1 Å². The Kier molecular flexibility index (Phi) is 5.99. The number of thiophene rings is 1. The highest BCUT2D eigenvalue weighted by molar-refractivity contribution is 7.08. The zero-order valence-corrected chi connectivity index (χ0v) is 11.1. The summed E-state index contributed by atoms with van der Waals surface area (Å²) in [7, 11) is 1.45. The molecule has 0 aliphatic rings. The average molecular weight is 272 g/mol. The molecule has 7 heteroatoms. The van der Waals surface area contributed by atoms with Crippen LogP contribution in [0.3, 0.4) is 0 Å². The molecule has 1 aromatic rings. The summed E-state index contributed by atoms with van der Waals surface area (Å²) in [4.78, 5) is 22.5. The second-order valence-electron chi connectivity index (χ2n) is 3.41. The zero-order valence-electron chi connectivity index (χ0n) is 10.3. The summed E-state index contributed by atoms with van der Waals surface area (Å²) in [6, 6.07) is 0. The fourth-order valence-corrected chi connectivity index (χ4v) is 1.72. The van der Waals surface area contributed by atoms with Gasteiger partial charge in [-0.15, -0.1) is 11.3 Å². The van der Waals surface area contributed by atoms with Gasteiger partial charge in [0.2, 0.25) is 0 Å². The molecule has 0 saturated carbocycles. The van der Waals surface area contributed by atoms with Crippen LogP contribution in [0.4, 0.5) is 9.59 Å². The number of unbranched alkanes of at least 4 members (excludes halogenated alkanes) is 1. The zero-order chi connectivity index (χ0) is 13.4. The van der Waals surface area contributed by atoms with E-state index in [2.05, 4.69) is 10.6 Å². The first-order valence-electron chi connectivity index (χ1n) is 5.58. The van der Waals surface area contributed by atoms with Gasteiger partial charge in [0, 0.05) is 24.4 Å². The highest BCUT2D eigenvalue weighted by Gasteiger charge is 2.13. The summed E-state index contributed by atoms with van der Waals surface area (Å²) < 4.78 is 9.95. The Morgan fingerprint density at radius 3 is 2.39 bits per heavy atom. The predicted molar refractivity (Wildman–Crippen MR) is 68.3 cm³/mol. The molecule has 1 heterocycles. The number of nitrogens with one attached hydrogen (secondary N) is 2. The maximum atomic E-state index is 11.4. The Morgan fingerprint density at radius 1 is 1.22 bits per heavy atom. The van der Waals surface area contributed by atoms with E-state index < -0.39 is 12.2 Å². The molecule has 6 nitrogen and oxygen atoms in total. The van der Waals surface area contributed by atoms with Crippen molar-refractivity contribution in [1.29, 1.82) is 0 Å². The van der Waals surface area contributed by atoms with Crippen LogP contribution in [0, 0.1) is 0 Å². The first-order valence-corrected chi connectivity index (χ1v) is 6.53. The molecule has 100 valence electrons. The minimum atomic E-state index is -0.607. The summed E-state index contributed by atoms with van der Waals surface area (Å²) in [5, 5.41) is 8.10. The number of ether oxygens (including phenoxy) is 2. The van der Waals surface area contributed by atoms with Crippen molar-refractivity contribution in [2.75, 3.05) is 13.6 Å². The first kappa shape index (κ1) is 14.3.